The summed E-state index contributed by atoms with van der Waals surface area (Å²) in [5, 5.41) is 9.65. The molecule has 0 aliphatic rings. The Bertz CT molecular complexity index is 142. The smallest absolute Gasteiger partial charge is 0.0678 e. The zero-order chi connectivity index (χ0) is 12.8. The maximum atomic E-state index is 9.65. The summed E-state index contributed by atoms with van der Waals surface area (Å²) in [6.07, 6.45) is 11.3. The minimum absolute atomic E-state index is 0.200. The molecule has 0 aromatic carbocycles. The first-order chi connectivity index (χ1) is 8.31. The molecule has 3 N–H and O–H groups in total. The zero-order valence-electron chi connectivity index (χ0n) is 11.8. The first-order valence-corrected chi connectivity index (χ1v) is 7.45. The van der Waals surface area contributed by atoms with Gasteiger partial charge in [0.25, 0.3) is 0 Å². The van der Waals surface area contributed by atoms with E-state index in [9.17, 15) is 5.11 Å². The lowest BCUT2D eigenvalue weighted by molar-refractivity contribution is 0.153. The standard InChI is InChI=1S/C14H32N2O/c1-3-5-6-7-8-9-10-11-12-14(17)13-16-15-4-2/h14-17H,3-13H2,1-2H3. The van der Waals surface area contributed by atoms with Crippen molar-refractivity contribution in [3.8, 4) is 0 Å². The highest BCUT2D eigenvalue weighted by Crippen LogP contribution is 2.10. The van der Waals surface area contributed by atoms with Crippen LogP contribution in [0.1, 0.15) is 71.6 Å². The average Bonchev–Trinajstić information content (AvgIpc) is 2.33. The van der Waals surface area contributed by atoms with E-state index in [1.54, 1.807) is 0 Å². The average molecular weight is 244 g/mol. The Labute approximate surface area is 107 Å². The van der Waals surface area contributed by atoms with Crippen molar-refractivity contribution in [1.82, 2.24) is 10.9 Å². The monoisotopic (exact) mass is 244 g/mol. The van der Waals surface area contributed by atoms with E-state index in [-0.39, 0.29) is 6.10 Å². The fourth-order valence-corrected chi connectivity index (χ4v) is 1.93. The molecule has 0 saturated heterocycles. The molecule has 3 heteroatoms. The van der Waals surface area contributed by atoms with Crippen LogP contribution in [0, 0.1) is 0 Å². The van der Waals surface area contributed by atoms with E-state index in [2.05, 4.69) is 17.8 Å². The molecular weight excluding hydrogens is 212 g/mol. The molecule has 1 unspecified atom stereocenters. The molecule has 1 atom stereocenters. The number of aliphatic hydroxyl groups is 1. The number of hydrogen-bond acceptors (Lipinski definition) is 3. The van der Waals surface area contributed by atoms with Crippen LogP contribution in [0.4, 0.5) is 0 Å². The Morgan fingerprint density at radius 2 is 1.41 bits per heavy atom. The van der Waals surface area contributed by atoms with Crippen molar-refractivity contribution in [3.05, 3.63) is 0 Å². The van der Waals surface area contributed by atoms with Crippen LogP contribution in [0.2, 0.25) is 0 Å². The van der Waals surface area contributed by atoms with E-state index in [1.807, 2.05) is 6.92 Å². The van der Waals surface area contributed by atoms with Crippen molar-refractivity contribution in [2.24, 2.45) is 0 Å². The number of hydrazine groups is 1. The Balaban J connectivity index is 3.05. The molecule has 3 nitrogen and oxygen atoms in total. The van der Waals surface area contributed by atoms with Crippen molar-refractivity contribution >= 4 is 0 Å². The Hall–Kier alpha value is -0.120. The summed E-state index contributed by atoms with van der Waals surface area (Å²) < 4.78 is 0. The predicted octanol–water partition coefficient (Wildman–Crippen LogP) is 2.99. The fraction of sp³-hybridized carbons (Fsp3) is 1.00. The van der Waals surface area contributed by atoms with Crippen molar-refractivity contribution in [1.29, 1.82) is 0 Å². The second-order valence-corrected chi connectivity index (χ2v) is 4.83. The van der Waals surface area contributed by atoms with Crippen LogP contribution < -0.4 is 10.9 Å². The Morgan fingerprint density at radius 3 is 2.00 bits per heavy atom. The number of aliphatic hydroxyl groups excluding tert-OH is 1. The summed E-state index contributed by atoms with van der Waals surface area (Å²) >= 11 is 0. The van der Waals surface area contributed by atoms with E-state index in [0.29, 0.717) is 6.54 Å². The van der Waals surface area contributed by atoms with Crippen LogP contribution >= 0.6 is 0 Å². The molecule has 0 rings (SSSR count). The van der Waals surface area contributed by atoms with E-state index < -0.39 is 0 Å². The molecule has 0 amide bonds. The first-order valence-electron chi connectivity index (χ1n) is 7.45. The summed E-state index contributed by atoms with van der Waals surface area (Å²) in [4.78, 5) is 0. The summed E-state index contributed by atoms with van der Waals surface area (Å²) in [7, 11) is 0. The van der Waals surface area contributed by atoms with Gasteiger partial charge >= 0.3 is 0 Å². The van der Waals surface area contributed by atoms with Gasteiger partial charge in [-0.15, -0.1) is 0 Å². The third kappa shape index (κ3) is 13.8. The van der Waals surface area contributed by atoms with Crippen LogP contribution in [0.15, 0.2) is 0 Å². The van der Waals surface area contributed by atoms with Crippen LogP contribution in [0.3, 0.4) is 0 Å². The number of nitrogens with one attached hydrogen (secondary N) is 2. The molecule has 0 saturated carbocycles. The van der Waals surface area contributed by atoms with E-state index in [0.717, 1.165) is 19.4 Å². The van der Waals surface area contributed by atoms with Gasteiger partial charge in [-0.05, 0) is 6.42 Å². The molecule has 0 aliphatic heterocycles. The van der Waals surface area contributed by atoms with Crippen LogP contribution in [-0.2, 0) is 0 Å². The van der Waals surface area contributed by atoms with Gasteiger partial charge in [-0.2, -0.15) is 0 Å². The second-order valence-electron chi connectivity index (χ2n) is 4.83. The first kappa shape index (κ1) is 16.9. The Kier molecular flexibility index (Phi) is 13.8. The second kappa shape index (κ2) is 13.9. The third-order valence-corrected chi connectivity index (χ3v) is 3.03. The van der Waals surface area contributed by atoms with Gasteiger partial charge in [0.1, 0.15) is 0 Å². The van der Waals surface area contributed by atoms with Crippen molar-refractivity contribution in [3.63, 3.8) is 0 Å². The SMILES string of the molecule is CCCCCCCCCCC(O)CNNCC. The van der Waals surface area contributed by atoms with Crippen molar-refractivity contribution < 1.29 is 5.11 Å². The molecule has 104 valence electrons. The van der Waals surface area contributed by atoms with Crippen LogP contribution in [0.5, 0.6) is 0 Å². The van der Waals surface area contributed by atoms with Gasteiger partial charge in [0.2, 0.25) is 0 Å². The topological polar surface area (TPSA) is 44.3 Å². The number of hydrogen-bond donors (Lipinski definition) is 3. The summed E-state index contributed by atoms with van der Waals surface area (Å²) in [5.74, 6) is 0. The highest BCUT2D eigenvalue weighted by Gasteiger charge is 2.02. The van der Waals surface area contributed by atoms with Gasteiger partial charge in [0.05, 0.1) is 6.10 Å². The Morgan fingerprint density at radius 1 is 0.824 bits per heavy atom. The minimum atomic E-state index is -0.200. The van der Waals surface area contributed by atoms with Crippen LogP contribution in [-0.4, -0.2) is 24.3 Å². The van der Waals surface area contributed by atoms with Gasteiger partial charge in [0, 0.05) is 13.1 Å². The quantitative estimate of drug-likeness (QED) is 0.345. The molecule has 0 heterocycles. The molecule has 0 aliphatic carbocycles. The van der Waals surface area contributed by atoms with Gasteiger partial charge in [-0.3, -0.25) is 10.9 Å². The number of unbranched alkanes of at least 4 members (excludes halogenated alkanes) is 7. The molecule has 0 spiro atoms. The zero-order valence-corrected chi connectivity index (χ0v) is 11.8. The lowest BCUT2D eigenvalue weighted by Crippen LogP contribution is -2.37. The molecule has 0 aromatic rings. The summed E-state index contributed by atoms with van der Waals surface area (Å²) in [5.41, 5.74) is 6.01. The molecule has 0 fully saturated rings. The highest BCUT2D eigenvalue weighted by molar-refractivity contribution is 4.58. The van der Waals surface area contributed by atoms with Crippen LogP contribution in [0.25, 0.3) is 0 Å². The normalized spacial score (nSPS) is 12.9. The van der Waals surface area contributed by atoms with Gasteiger partial charge < -0.3 is 5.11 Å². The van der Waals surface area contributed by atoms with Gasteiger partial charge in [-0.25, -0.2) is 0 Å². The van der Waals surface area contributed by atoms with Gasteiger partial charge in [-0.1, -0.05) is 65.2 Å². The van der Waals surface area contributed by atoms with E-state index in [1.165, 1.54) is 44.9 Å². The maximum Gasteiger partial charge on any atom is 0.0678 e. The summed E-state index contributed by atoms with van der Waals surface area (Å²) in [6.45, 7) is 5.84. The molecule has 17 heavy (non-hydrogen) atoms. The maximum absolute atomic E-state index is 9.65. The lowest BCUT2D eigenvalue weighted by Gasteiger charge is -2.11. The van der Waals surface area contributed by atoms with E-state index in [4.69, 9.17) is 0 Å². The molecular formula is C14H32N2O. The fourth-order valence-electron chi connectivity index (χ4n) is 1.93. The lowest BCUT2D eigenvalue weighted by atomic mass is 10.1. The molecule has 0 radical (unpaired) electrons. The van der Waals surface area contributed by atoms with Crippen molar-refractivity contribution in [2.75, 3.05) is 13.1 Å². The van der Waals surface area contributed by atoms with E-state index >= 15 is 0 Å². The third-order valence-electron chi connectivity index (χ3n) is 3.03. The molecule has 0 aromatic heterocycles. The predicted molar refractivity (Wildman–Crippen MR) is 74.9 cm³/mol. The molecule has 0 bridgehead atoms. The minimum Gasteiger partial charge on any atom is -0.392 e. The van der Waals surface area contributed by atoms with Gasteiger partial charge in [0.15, 0.2) is 0 Å². The number of rotatable bonds is 13. The highest BCUT2D eigenvalue weighted by atomic mass is 16.3. The summed E-state index contributed by atoms with van der Waals surface area (Å²) in [6, 6.07) is 0. The largest absolute Gasteiger partial charge is 0.392 e. The van der Waals surface area contributed by atoms with Crippen molar-refractivity contribution in [2.45, 2.75) is 77.7 Å².